The van der Waals surface area contributed by atoms with Crippen molar-refractivity contribution in [2.24, 2.45) is 0 Å². The van der Waals surface area contributed by atoms with Gasteiger partial charge in [-0.3, -0.25) is 0 Å². The van der Waals surface area contributed by atoms with Crippen molar-refractivity contribution in [1.82, 2.24) is 26.6 Å². The molecule has 0 aromatic heterocycles. The van der Waals surface area contributed by atoms with Crippen LogP contribution in [0.5, 0.6) is 28.7 Å². The normalized spacial score (nSPS) is 25.5. The summed E-state index contributed by atoms with van der Waals surface area (Å²) in [7, 11) is 0. The summed E-state index contributed by atoms with van der Waals surface area (Å²) in [4.78, 5) is 0. The molecule has 10 nitrogen and oxygen atoms in total. The first-order valence-corrected chi connectivity index (χ1v) is 27.1. The number of benzene rings is 10. The number of nitrogens with one attached hydrogen (secondary N) is 5. The van der Waals surface area contributed by atoms with Crippen LogP contribution in [0, 0.1) is 34.6 Å². The molecule has 0 aliphatic rings. The first-order chi connectivity index (χ1) is 75.6. The molecule has 0 saturated carbocycles. The van der Waals surface area contributed by atoms with Gasteiger partial charge >= 0.3 is 0 Å². The average molecular weight is 1350 g/mol. The molecule has 95 heavy (non-hydrogen) atoms. The molecule has 0 aliphatic heterocycles. The summed E-state index contributed by atoms with van der Waals surface area (Å²) in [5.41, 5.74) is -4.48. The summed E-state index contributed by atoms with van der Waals surface area (Å²) in [6.45, 7) is -18.8. The number of hydrogen-bond donors (Lipinski definition) is 5. The van der Waals surface area contributed by atoms with E-state index >= 15 is 0 Å². The van der Waals surface area contributed by atoms with Crippen LogP contribution in [0.4, 0.5) is 0 Å². The molecule has 0 spiro atoms. The number of rotatable bonds is 30. The van der Waals surface area contributed by atoms with E-state index in [2.05, 4.69) is 5.32 Å². The Balaban J connectivity index is 0.000000318. The van der Waals surface area contributed by atoms with Crippen LogP contribution in [-0.4, -0.2) is 67.5 Å². The Kier molecular flexibility index (Phi) is 10.8. The predicted octanol–water partition coefficient (Wildman–Crippen LogP) is 18.6. The van der Waals surface area contributed by atoms with Gasteiger partial charge in [-0.1, -0.05) is 242 Å². The van der Waals surface area contributed by atoms with Gasteiger partial charge in [-0.2, -0.15) is 0 Å². The van der Waals surface area contributed by atoms with E-state index in [9.17, 15) is 0 Å². The van der Waals surface area contributed by atoms with Crippen LogP contribution >= 0.6 is 0 Å². The topological polar surface area (TPSA) is 106 Å². The molecule has 500 valence electrons. The number of hydrogen-bond acceptors (Lipinski definition) is 10. The van der Waals surface area contributed by atoms with Crippen LogP contribution in [0.25, 0.3) is 0 Å². The second-order valence-corrected chi connectivity index (χ2v) is 17.5. The molecule has 0 amide bonds. The maximum absolute atomic E-state index is 8.90. The Morgan fingerprint density at radius 3 is 0.968 bits per heavy atom. The second kappa shape index (κ2) is 44.6. The van der Waals surface area contributed by atoms with Crippen LogP contribution in [0.3, 0.4) is 0 Å². The quantitative estimate of drug-likeness (QED) is 0.0299. The van der Waals surface area contributed by atoms with Gasteiger partial charge in [0.05, 0.1) is 65.8 Å². The summed E-state index contributed by atoms with van der Waals surface area (Å²) in [6, 6.07) is -33.2. The molecule has 10 aromatic carbocycles. The van der Waals surface area contributed by atoms with Gasteiger partial charge in [0.25, 0.3) is 0 Å². The molecule has 0 fully saturated rings. The summed E-state index contributed by atoms with van der Waals surface area (Å²) >= 11 is 0. The van der Waals surface area contributed by atoms with Crippen molar-refractivity contribution < 1.29 is 124 Å². The fourth-order valence-electron chi connectivity index (χ4n) is 6.53. The fraction of sp³-hybridized carbons (Fsp3) is 0.294. The SMILES string of the molecule is [2H]c1c([2H])c([2H])c(C(CC([2H])([2H])NC([2H])([2H])[2H])Oc2c([2H])c([2H])c([2H])c([2H])c2C)c([2H])c1[2H].[2H]c1c([2H])c([2H])c(C(Oc2c([2H])c([2H])c([2H])c([2H])c2C)C([2H])([2H])C([2H])([2H])NC([2H])([2H])[2H])c([2H])c1[2H].[2H]c1c([2H])c([2H])c(C([2H])(CC([2H])([2H])NC([2H])([2H])[2H])Oc2c([2H])c([2H])c([2H])c([2H])c2C)c([2H])c1[2H].[2H]c1c([2H])c([2H])c(C([2H])(CCNC([2H])([2H])[2H])Oc2c([2H])c([2H])c([2H])c([2H])c2C)c([2H])c1[2H].[2H]c1c([2H])c([2H])c(C([2H])(Oc2c([2H])c([2H])c([2H])c([2H])c2C)C([2H])([2H])CNC([2H])([2H])[2H])c([2H])c1[2H]. The van der Waals surface area contributed by atoms with Crippen LogP contribution in [-0.2, 0) is 0 Å². The molecule has 5 unspecified atom stereocenters. The van der Waals surface area contributed by atoms with Crippen molar-refractivity contribution >= 4 is 0 Å². The Labute approximate surface area is 672 Å². The van der Waals surface area contributed by atoms with Gasteiger partial charge < -0.3 is 50.3 Å². The molecular weight excluding hydrogens is 1170 g/mol. The zero-order valence-electron chi connectivity index (χ0n) is 124. The van der Waals surface area contributed by atoms with E-state index in [0.29, 0.717) is 0 Å². The zero-order valence-corrected chi connectivity index (χ0v) is 50.7. The standard InChI is InChI=1S/5C17H21NO/c5*1-14-8-6-7-11-16(14)19-17(12-13-18-2)15-9-4-3-5-10-15/h5*3-11,17-18H,12-13H2,1-2H3/i2D3,3D,4D,5D,6D,7D,8D,9D,10D,11D,13D2,17D;2D3,3D,4D,5D,6D,7D,8D,9D,10D,11D,12D2,17D;2D3,3D,4D,5D,6D,7D,8D,9D,10D,11D,12D2,13D2;2D3,3D,4D,5D,6D,7D,8D,9D,10D,11D,17D;2D3,3D,4D,5D,6D,7D,8D,9D,10D,11D,13D2. The first-order valence-electron chi connectivity index (χ1n) is 63.6. The highest BCUT2D eigenvalue weighted by atomic mass is 16.5. The summed E-state index contributed by atoms with van der Waals surface area (Å²) in [5.74, 6) is -2.82. The van der Waals surface area contributed by atoms with Crippen LogP contribution < -0.4 is 50.3 Å². The molecule has 0 bridgehead atoms. The van der Waals surface area contributed by atoms with Crippen molar-refractivity contribution in [3.63, 3.8) is 0 Å². The third kappa shape index (κ3) is 27.5. The Hall–Kier alpha value is -9.00. The molecule has 10 rings (SSSR count). The highest BCUT2D eigenvalue weighted by Gasteiger charge is 2.18. The number of ether oxygens (including phenoxy) is 5. The maximum atomic E-state index is 8.90. The highest BCUT2D eigenvalue weighted by molar-refractivity contribution is 5.37. The summed E-state index contributed by atoms with van der Waals surface area (Å²) in [5, 5.41) is 8.99. The van der Waals surface area contributed by atoms with E-state index in [-0.39, 0.29) is 34.4 Å². The van der Waals surface area contributed by atoms with Crippen molar-refractivity contribution in [1.29, 1.82) is 0 Å². The van der Waals surface area contributed by atoms with Gasteiger partial charge in [0, 0.05) is 66.3 Å². The van der Waals surface area contributed by atoms with Crippen molar-refractivity contribution in [2.45, 2.75) is 97.1 Å². The molecule has 0 aliphatic carbocycles. The largest absolute Gasteiger partial charge is 0.485 e. The maximum Gasteiger partial charge on any atom is 0.125 e. The summed E-state index contributed by atoms with van der Waals surface area (Å²) in [6.07, 6.45) is -22.0. The molecule has 0 heterocycles. The Morgan fingerprint density at radius 1 is 0.284 bits per heavy atom. The number of para-hydroxylation sites is 5. The van der Waals surface area contributed by atoms with E-state index in [1.165, 1.54) is 39.9 Å². The van der Waals surface area contributed by atoms with E-state index < -0.39 is 452 Å². The minimum Gasteiger partial charge on any atom is -0.485 e. The molecule has 5 N–H and O–H groups in total. The summed E-state index contributed by atoms with van der Waals surface area (Å²) < 4.78 is 604. The second-order valence-electron chi connectivity index (χ2n) is 17.5. The average Bonchev–Trinajstić information content (AvgIpc) is 0.746. The highest BCUT2D eigenvalue weighted by Crippen LogP contribution is 2.32. The van der Waals surface area contributed by atoms with Crippen LogP contribution in [0.15, 0.2) is 272 Å². The molecule has 10 heteroatoms. The fourth-order valence-corrected chi connectivity index (χ4v) is 6.53. The first kappa shape index (κ1) is 23.1. The third-order valence-electron chi connectivity index (χ3n) is 11.0. The monoisotopic (exact) mass is 1350 g/mol. The molecule has 0 saturated heterocycles. The van der Waals surface area contributed by atoms with Crippen molar-refractivity contribution in [3.8, 4) is 28.7 Å². The Morgan fingerprint density at radius 2 is 0.568 bits per heavy atom. The van der Waals surface area contributed by atoms with Crippen molar-refractivity contribution in [3.05, 3.63) is 328 Å². The van der Waals surface area contributed by atoms with E-state index in [1.54, 1.807) is 10.6 Å². The van der Waals surface area contributed by atoms with Gasteiger partial charge in [-0.25, -0.2) is 0 Å². The zero-order chi connectivity index (χ0) is 131. The smallest absolute Gasteiger partial charge is 0.125 e. The molecule has 0 radical (unpaired) electrons. The van der Waals surface area contributed by atoms with Crippen LogP contribution in [0.2, 0.25) is 0 Å². The van der Waals surface area contributed by atoms with Gasteiger partial charge in [0.15, 0.2) is 0 Å². The van der Waals surface area contributed by atoms with E-state index in [4.69, 9.17) is 124 Å². The molecule has 10 aromatic rings. The van der Waals surface area contributed by atoms with Crippen molar-refractivity contribution in [2.75, 3.05) is 67.5 Å². The lowest BCUT2D eigenvalue weighted by Gasteiger charge is -2.20. The lowest BCUT2D eigenvalue weighted by atomic mass is 10.1. The minimum atomic E-state index is -3.47. The van der Waals surface area contributed by atoms with Crippen LogP contribution in [0.1, 0.15) is 218 Å². The van der Waals surface area contributed by atoms with Gasteiger partial charge in [0.1, 0.15) is 59.2 Å². The molecule has 5 atom stereocenters. The van der Waals surface area contributed by atoms with Gasteiger partial charge in [-0.15, -0.1) is 0 Å². The lowest BCUT2D eigenvalue weighted by Crippen LogP contribution is -2.16. The third-order valence-corrected chi connectivity index (χ3v) is 11.0. The minimum absolute atomic E-state index is 0.0521. The van der Waals surface area contributed by atoms with Gasteiger partial charge in [-0.05, 0) is 188 Å². The van der Waals surface area contributed by atoms with E-state index in [1.807, 2.05) is 5.32 Å². The lowest BCUT2D eigenvalue weighted by molar-refractivity contribution is 0.193. The molecular formula is C85H105N5O5. The van der Waals surface area contributed by atoms with E-state index in [0.717, 1.165) is 0 Å². The Bertz CT molecular complexity index is 7290. The van der Waals surface area contributed by atoms with Gasteiger partial charge in [0.2, 0.25) is 0 Å². The predicted molar refractivity (Wildman–Crippen MR) is 398 cm³/mol.